The third-order valence-electron chi connectivity index (χ3n) is 3.05. The Bertz CT molecular complexity index is 603. The highest BCUT2D eigenvalue weighted by Gasteiger charge is 2.19. The number of rotatable bonds is 2. The van der Waals surface area contributed by atoms with E-state index < -0.39 is 0 Å². The fourth-order valence-corrected chi connectivity index (χ4v) is 3.76. The van der Waals surface area contributed by atoms with E-state index in [0.717, 1.165) is 26.7 Å². The molecule has 0 saturated heterocycles. The fourth-order valence-electron chi connectivity index (χ4n) is 2.18. The molecular formula is C15H12BrCl2F. The second-order valence-electron chi connectivity index (χ2n) is 4.48. The van der Waals surface area contributed by atoms with Gasteiger partial charge in [0.2, 0.25) is 0 Å². The molecule has 1 unspecified atom stereocenters. The number of halogens is 4. The largest absolute Gasteiger partial charge is 0.207 e. The van der Waals surface area contributed by atoms with Gasteiger partial charge >= 0.3 is 0 Å². The second-order valence-corrected chi connectivity index (χ2v) is 6.21. The summed E-state index contributed by atoms with van der Waals surface area (Å²) in [6.07, 6.45) is 0. The average molecular weight is 362 g/mol. The van der Waals surface area contributed by atoms with Crippen molar-refractivity contribution in [2.75, 3.05) is 0 Å². The minimum atomic E-state index is -0.341. The molecule has 0 aliphatic carbocycles. The molecule has 2 aromatic carbocycles. The predicted octanol–water partition coefficient (Wildman–Crippen LogP) is 6.19. The van der Waals surface area contributed by atoms with Crippen molar-refractivity contribution in [3.8, 4) is 0 Å². The standard InChI is InChI=1S/C15H12BrCl2F/c1-8-5-11(19)6-9(2)14(8)15(18)12-4-3-10(17)7-13(12)16/h3-7,15H,1-2H3. The lowest BCUT2D eigenvalue weighted by molar-refractivity contribution is 0.624. The Morgan fingerprint density at radius 3 is 2.21 bits per heavy atom. The first-order valence-electron chi connectivity index (χ1n) is 5.76. The van der Waals surface area contributed by atoms with Gasteiger partial charge in [-0.15, -0.1) is 11.6 Å². The molecule has 0 bridgehead atoms. The minimum Gasteiger partial charge on any atom is -0.207 e. The van der Waals surface area contributed by atoms with Crippen molar-refractivity contribution in [1.82, 2.24) is 0 Å². The third kappa shape index (κ3) is 3.13. The van der Waals surface area contributed by atoms with Crippen LogP contribution in [-0.2, 0) is 0 Å². The monoisotopic (exact) mass is 360 g/mol. The van der Waals surface area contributed by atoms with E-state index in [1.807, 2.05) is 19.9 Å². The molecule has 0 aromatic heterocycles. The van der Waals surface area contributed by atoms with Crippen LogP contribution in [0.2, 0.25) is 5.02 Å². The Balaban J connectivity index is 2.53. The zero-order valence-corrected chi connectivity index (χ0v) is 13.6. The van der Waals surface area contributed by atoms with Gasteiger partial charge in [-0.3, -0.25) is 0 Å². The zero-order chi connectivity index (χ0) is 14.2. The van der Waals surface area contributed by atoms with Crippen molar-refractivity contribution in [3.63, 3.8) is 0 Å². The van der Waals surface area contributed by atoms with Gasteiger partial charge in [-0.05, 0) is 60.4 Å². The maximum atomic E-state index is 13.3. The van der Waals surface area contributed by atoms with Gasteiger partial charge in [0.25, 0.3) is 0 Å². The Morgan fingerprint density at radius 2 is 1.68 bits per heavy atom. The van der Waals surface area contributed by atoms with Crippen LogP contribution < -0.4 is 0 Å². The summed E-state index contributed by atoms with van der Waals surface area (Å²) in [5.74, 6) is -0.238. The highest BCUT2D eigenvalue weighted by molar-refractivity contribution is 9.10. The SMILES string of the molecule is Cc1cc(F)cc(C)c1C(Cl)c1ccc(Cl)cc1Br. The Morgan fingerprint density at radius 1 is 1.11 bits per heavy atom. The summed E-state index contributed by atoms with van der Waals surface area (Å²) >= 11 is 16.0. The van der Waals surface area contributed by atoms with Crippen LogP contribution >= 0.6 is 39.1 Å². The molecule has 2 rings (SSSR count). The van der Waals surface area contributed by atoms with Crippen molar-refractivity contribution in [1.29, 1.82) is 0 Å². The van der Waals surface area contributed by atoms with E-state index >= 15 is 0 Å². The Kier molecular flexibility index (Phi) is 4.54. The predicted molar refractivity (Wildman–Crippen MR) is 82.7 cm³/mol. The molecule has 2 aromatic rings. The molecule has 19 heavy (non-hydrogen) atoms. The Hall–Kier alpha value is -0.570. The normalized spacial score (nSPS) is 12.5. The number of alkyl halides is 1. The van der Waals surface area contributed by atoms with Crippen molar-refractivity contribution in [2.24, 2.45) is 0 Å². The van der Waals surface area contributed by atoms with E-state index in [4.69, 9.17) is 23.2 Å². The highest BCUT2D eigenvalue weighted by Crippen LogP contribution is 2.38. The first-order valence-corrected chi connectivity index (χ1v) is 7.36. The lowest BCUT2D eigenvalue weighted by atomic mass is 9.95. The van der Waals surface area contributed by atoms with Crippen LogP contribution in [0.3, 0.4) is 0 Å². The second kappa shape index (κ2) is 5.82. The van der Waals surface area contributed by atoms with Gasteiger partial charge in [0.1, 0.15) is 5.82 Å². The zero-order valence-electron chi connectivity index (χ0n) is 10.5. The van der Waals surface area contributed by atoms with Crippen molar-refractivity contribution < 1.29 is 4.39 Å². The van der Waals surface area contributed by atoms with E-state index in [9.17, 15) is 4.39 Å². The number of aryl methyl sites for hydroxylation is 2. The minimum absolute atomic E-state index is 0.238. The van der Waals surface area contributed by atoms with Crippen LogP contribution in [0.15, 0.2) is 34.8 Å². The molecule has 0 N–H and O–H groups in total. The molecule has 0 aliphatic rings. The topological polar surface area (TPSA) is 0 Å². The van der Waals surface area contributed by atoms with Gasteiger partial charge in [-0.25, -0.2) is 4.39 Å². The summed E-state index contributed by atoms with van der Waals surface area (Å²) in [6.45, 7) is 3.73. The molecular weight excluding hydrogens is 350 g/mol. The van der Waals surface area contributed by atoms with Gasteiger partial charge in [-0.1, -0.05) is 33.6 Å². The highest BCUT2D eigenvalue weighted by atomic mass is 79.9. The van der Waals surface area contributed by atoms with Crippen LogP contribution in [0, 0.1) is 19.7 Å². The fraction of sp³-hybridized carbons (Fsp3) is 0.200. The molecule has 0 spiro atoms. The Labute approximate surface area is 130 Å². The van der Waals surface area contributed by atoms with Crippen molar-refractivity contribution in [3.05, 3.63) is 67.9 Å². The summed E-state index contributed by atoms with van der Waals surface area (Å²) < 4.78 is 14.2. The number of hydrogen-bond donors (Lipinski definition) is 0. The van der Waals surface area contributed by atoms with Crippen molar-refractivity contribution in [2.45, 2.75) is 19.2 Å². The van der Waals surface area contributed by atoms with Crippen molar-refractivity contribution >= 4 is 39.1 Å². The lowest BCUT2D eigenvalue weighted by Crippen LogP contribution is -2.01. The summed E-state index contributed by atoms with van der Waals surface area (Å²) in [4.78, 5) is 0. The molecule has 0 aliphatic heterocycles. The van der Waals surface area contributed by atoms with E-state index in [1.165, 1.54) is 12.1 Å². The molecule has 0 radical (unpaired) electrons. The summed E-state index contributed by atoms with van der Waals surface area (Å²) in [6, 6.07) is 8.49. The maximum Gasteiger partial charge on any atom is 0.123 e. The maximum absolute atomic E-state index is 13.3. The molecule has 4 heteroatoms. The van der Waals surface area contributed by atoms with E-state index in [1.54, 1.807) is 12.1 Å². The van der Waals surface area contributed by atoms with Gasteiger partial charge in [0.05, 0.1) is 5.38 Å². The quantitative estimate of drug-likeness (QED) is 0.559. The smallest absolute Gasteiger partial charge is 0.123 e. The van der Waals surface area contributed by atoms with Crippen LogP contribution in [0.4, 0.5) is 4.39 Å². The number of hydrogen-bond acceptors (Lipinski definition) is 0. The van der Waals surface area contributed by atoms with Crippen LogP contribution in [0.1, 0.15) is 27.6 Å². The molecule has 0 amide bonds. The van der Waals surface area contributed by atoms with Crippen LogP contribution in [0.25, 0.3) is 0 Å². The first-order chi connectivity index (χ1) is 8.90. The molecule has 0 heterocycles. The lowest BCUT2D eigenvalue weighted by Gasteiger charge is -2.18. The van der Waals surface area contributed by atoms with E-state index in [2.05, 4.69) is 15.9 Å². The molecule has 100 valence electrons. The molecule has 0 nitrogen and oxygen atoms in total. The van der Waals surface area contributed by atoms with Gasteiger partial charge in [0, 0.05) is 9.50 Å². The summed E-state index contributed by atoms with van der Waals surface area (Å²) in [5, 5.41) is 0.305. The van der Waals surface area contributed by atoms with E-state index in [0.29, 0.717) is 5.02 Å². The summed E-state index contributed by atoms with van der Waals surface area (Å²) in [7, 11) is 0. The molecule has 0 saturated carbocycles. The summed E-state index contributed by atoms with van der Waals surface area (Å²) in [5.41, 5.74) is 3.55. The van der Waals surface area contributed by atoms with Gasteiger partial charge in [-0.2, -0.15) is 0 Å². The number of benzene rings is 2. The first kappa shape index (κ1) is 14.8. The van der Waals surface area contributed by atoms with Gasteiger partial charge < -0.3 is 0 Å². The van der Waals surface area contributed by atoms with Gasteiger partial charge in [0.15, 0.2) is 0 Å². The van der Waals surface area contributed by atoms with Crippen LogP contribution in [0.5, 0.6) is 0 Å². The molecule has 0 fully saturated rings. The van der Waals surface area contributed by atoms with E-state index in [-0.39, 0.29) is 11.2 Å². The third-order valence-corrected chi connectivity index (χ3v) is 4.42. The molecule has 1 atom stereocenters. The average Bonchev–Trinajstić information content (AvgIpc) is 2.26. The van der Waals surface area contributed by atoms with Crippen LogP contribution in [-0.4, -0.2) is 0 Å².